The molecular weight excluding hydrogens is 592 g/mol. The normalized spacial score (nSPS) is 10.4. The predicted molar refractivity (Wildman–Crippen MR) is 160 cm³/mol. The summed E-state index contributed by atoms with van der Waals surface area (Å²) in [7, 11) is 0. The third kappa shape index (κ3) is 11.5. The van der Waals surface area contributed by atoms with Crippen LogP contribution in [0.3, 0.4) is 0 Å². The Balaban J connectivity index is 1.34. The molecule has 0 aliphatic carbocycles. The minimum Gasteiger partial charge on any atom is -0.494 e. The second-order valence-corrected chi connectivity index (χ2v) is 9.86. The lowest BCUT2D eigenvalue weighted by Crippen LogP contribution is -2.36. The molecule has 0 radical (unpaired) electrons. The first-order valence-electron chi connectivity index (χ1n) is 13.5. The summed E-state index contributed by atoms with van der Waals surface area (Å²) in [4.78, 5) is 42.8. The first-order chi connectivity index (χ1) is 20.0. The molecule has 2 N–H and O–H groups in total. The number of unbranched alkanes of at least 4 members (excludes halogenated alkanes) is 3. The van der Waals surface area contributed by atoms with Crippen LogP contribution in [0.1, 0.15) is 43.0 Å². The highest BCUT2D eigenvalue weighted by atomic mass is 79.9. The van der Waals surface area contributed by atoms with Gasteiger partial charge in [0.05, 0.1) is 25.3 Å². The minimum atomic E-state index is -0.691. The number of nitrogens with zero attached hydrogens (tertiary/aromatic N) is 2. The number of para-hydroxylation sites is 1. The number of benzene rings is 2. The van der Waals surface area contributed by atoms with Crippen LogP contribution in [0.5, 0.6) is 5.75 Å². The number of pyridine rings is 1. The average Bonchev–Trinajstić information content (AvgIpc) is 2.98. The number of rotatable bonds is 15. The molecule has 0 saturated carbocycles. The van der Waals surface area contributed by atoms with Gasteiger partial charge in [-0.3, -0.25) is 15.1 Å². The van der Waals surface area contributed by atoms with Crippen LogP contribution in [0, 0.1) is 0 Å². The van der Waals surface area contributed by atoms with E-state index in [9.17, 15) is 14.4 Å². The summed E-state index contributed by atoms with van der Waals surface area (Å²) >= 11 is 3.33. The molecule has 41 heavy (non-hydrogen) atoms. The lowest BCUT2D eigenvalue weighted by molar-refractivity contribution is 0.0972. The lowest BCUT2D eigenvalue weighted by atomic mass is 10.2. The number of amides is 3. The molecule has 3 amide bonds. The molecule has 0 bridgehead atoms. The Morgan fingerprint density at radius 2 is 1.63 bits per heavy atom. The summed E-state index contributed by atoms with van der Waals surface area (Å²) in [6.45, 7) is 2.92. The topological polar surface area (TPSA) is 119 Å². The first-order valence-corrected chi connectivity index (χ1v) is 14.3. The lowest BCUT2D eigenvalue weighted by Gasteiger charge is -2.23. The van der Waals surface area contributed by atoms with Gasteiger partial charge in [0.25, 0.3) is 5.91 Å². The molecule has 3 aromatic rings. The van der Waals surface area contributed by atoms with Gasteiger partial charge < -0.3 is 24.4 Å². The van der Waals surface area contributed by atoms with E-state index < -0.39 is 12.2 Å². The molecule has 0 aliphatic heterocycles. The number of nitrogens with one attached hydrogen (secondary N) is 2. The molecule has 3 rings (SSSR count). The zero-order valence-electron chi connectivity index (χ0n) is 23.0. The van der Waals surface area contributed by atoms with Crippen molar-refractivity contribution in [2.45, 2.75) is 32.6 Å². The average molecular weight is 628 g/mol. The molecule has 11 heteroatoms. The number of carbonyl (C=O) groups excluding carboxylic acids is 3. The highest BCUT2D eigenvalue weighted by molar-refractivity contribution is 9.10. The van der Waals surface area contributed by atoms with E-state index in [1.54, 1.807) is 48.7 Å². The number of halogens is 1. The van der Waals surface area contributed by atoms with E-state index >= 15 is 0 Å². The fourth-order valence-electron chi connectivity index (χ4n) is 3.73. The molecule has 0 unspecified atom stereocenters. The van der Waals surface area contributed by atoms with Crippen molar-refractivity contribution in [1.82, 2.24) is 10.3 Å². The maximum absolute atomic E-state index is 13.1. The highest BCUT2D eigenvalue weighted by Crippen LogP contribution is 2.19. The second kappa shape index (κ2) is 17.5. The van der Waals surface area contributed by atoms with Gasteiger partial charge >= 0.3 is 12.2 Å². The van der Waals surface area contributed by atoms with E-state index in [1.807, 2.05) is 18.2 Å². The summed E-state index contributed by atoms with van der Waals surface area (Å²) in [6.07, 6.45) is 6.27. The fraction of sp³-hybridized carbons (Fsp3) is 0.333. The van der Waals surface area contributed by atoms with E-state index in [0.29, 0.717) is 28.0 Å². The molecular formula is C30H35BrN4O6. The quantitative estimate of drug-likeness (QED) is 0.187. The number of carbonyl (C=O) groups is 3. The van der Waals surface area contributed by atoms with Crippen molar-refractivity contribution in [3.8, 4) is 5.75 Å². The molecule has 0 saturated heterocycles. The molecule has 10 nitrogen and oxygen atoms in total. The first kappa shape index (κ1) is 31.4. The summed E-state index contributed by atoms with van der Waals surface area (Å²) in [5.41, 5.74) is 1.62. The van der Waals surface area contributed by atoms with Crippen molar-refractivity contribution in [2.24, 2.45) is 0 Å². The Kier molecular flexibility index (Phi) is 13.4. The van der Waals surface area contributed by atoms with Crippen molar-refractivity contribution in [1.29, 1.82) is 0 Å². The van der Waals surface area contributed by atoms with Crippen LogP contribution in [0.15, 0.2) is 77.5 Å². The maximum Gasteiger partial charge on any atom is 0.411 e. The van der Waals surface area contributed by atoms with Crippen molar-refractivity contribution in [3.05, 3.63) is 83.1 Å². The van der Waals surface area contributed by atoms with E-state index in [-0.39, 0.29) is 32.2 Å². The van der Waals surface area contributed by atoms with E-state index in [4.69, 9.17) is 14.2 Å². The van der Waals surface area contributed by atoms with Crippen LogP contribution >= 0.6 is 15.9 Å². The summed E-state index contributed by atoms with van der Waals surface area (Å²) in [5.74, 6) is 0.461. The number of hydrogen-bond acceptors (Lipinski definition) is 7. The monoisotopic (exact) mass is 626 g/mol. The number of hydrogen-bond donors (Lipinski definition) is 2. The fourth-order valence-corrected chi connectivity index (χ4v) is 4.09. The molecule has 1 heterocycles. The van der Waals surface area contributed by atoms with Gasteiger partial charge in [-0.2, -0.15) is 0 Å². The predicted octanol–water partition coefficient (Wildman–Crippen LogP) is 6.42. The van der Waals surface area contributed by atoms with Crippen molar-refractivity contribution in [3.63, 3.8) is 0 Å². The van der Waals surface area contributed by atoms with Gasteiger partial charge in [-0.25, -0.2) is 9.59 Å². The number of anilines is 2. The van der Waals surface area contributed by atoms with E-state index in [1.165, 1.54) is 23.9 Å². The van der Waals surface area contributed by atoms with E-state index in [2.05, 4.69) is 38.5 Å². The van der Waals surface area contributed by atoms with Crippen LogP contribution in [0.2, 0.25) is 0 Å². The number of alkyl carbamates (subject to hydrolysis) is 1. The van der Waals surface area contributed by atoms with Crippen LogP contribution < -0.4 is 20.3 Å². The van der Waals surface area contributed by atoms with Gasteiger partial charge in [-0.05, 0) is 64.8 Å². The Labute approximate surface area is 248 Å². The summed E-state index contributed by atoms with van der Waals surface area (Å²) < 4.78 is 16.7. The van der Waals surface area contributed by atoms with Crippen molar-refractivity contribution < 1.29 is 28.6 Å². The third-order valence-corrected chi connectivity index (χ3v) is 6.22. The largest absolute Gasteiger partial charge is 0.494 e. The number of ether oxygens (including phenoxy) is 3. The smallest absolute Gasteiger partial charge is 0.411 e. The summed E-state index contributed by atoms with van der Waals surface area (Å²) in [5, 5.41) is 5.15. The molecule has 2 aromatic carbocycles. The Morgan fingerprint density at radius 3 is 2.37 bits per heavy atom. The van der Waals surface area contributed by atoms with Gasteiger partial charge in [0.1, 0.15) is 19.0 Å². The molecule has 0 fully saturated rings. The maximum atomic E-state index is 13.1. The minimum absolute atomic E-state index is 0.0479. The van der Waals surface area contributed by atoms with Crippen molar-refractivity contribution in [2.75, 3.05) is 43.1 Å². The SMILES string of the molecule is CCCCCCOc1ccc(NC(=O)OCCNC(=O)OCCN(C(=O)c2cncc(Br)c2)c2ccccc2)cc1. The van der Waals surface area contributed by atoms with Crippen LogP contribution in [-0.2, 0) is 9.47 Å². The van der Waals surface area contributed by atoms with Gasteiger partial charge in [0.15, 0.2) is 0 Å². The molecule has 1 aromatic heterocycles. The summed E-state index contributed by atoms with van der Waals surface area (Å²) in [6, 6.07) is 17.8. The molecule has 0 spiro atoms. The van der Waals surface area contributed by atoms with E-state index in [0.717, 1.165) is 18.6 Å². The van der Waals surface area contributed by atoms with Gasteiger partial charge in [0, 0.05) is 28.2 Å². The second-order valence-electron chi connectivity index (χ2n) is 8.94. The van der Waals surface area contributed by atoms with Crippen LogP contribution in [0.4, 0.5) is 21.0 Å². The highest BCUT2D eigenvalue weighted by Gasteiger charge is 2.19. The zero-order chi connectivity index (χ0) is 29.3. The molecule has 218 valence electrons. The van der Waals surface area contributed by atoms with Gasteiger partial charge in [-0.1, -0.05) is 44.4 Å². The van der Waals surface area contributed by atoms with Gasteiger partial charge in [-0.15, -0.1) is 0 Å². The standard InChI is InChI=1S/C30H35BrN4O6/c1-2-3-4-8-17-39-27-13-11-25(12-14-27)34-30(38)40-18-15-33-29(37)41-19-16-35(26-9-6-5-7-10-26)28(36)23-20-24(31)22-32-21-23/h5-7,9-14,20-22H,2-4,8,15-19H2,1H3,(H,33,37)(H,34,38). The number of aromatic nitrogens is 1. The molecule has 0 atom stereocenters. The van der Waals surface area contributed by atoms with Gasteiger partial charge in [0.2, 0.25) is 0 Å². The Hall–Kier alpha value is -4.12. The third-order valence-electron chi connectivity index (χ3n) is 5.78. The Morgan fingerprint density at radius 1 is 0.878 bits per heavy atom. The zero-order valence-corrected chi connectivity index (χ0v) is 24.6. The van der Waals surface area contributed by atoms with Crippen LogP contribution in [-0.4, -0.2) is 56.0 Å². The molecule has 0 aliphatic rings. The van der Waals surface area contributed by atoms with Crippen molar-refractivity contribution >= 4 is 45.4 Å². The van der Waals surface area contributed by atoms with Crippen LogP contribution in [0.25, 0.3) is 0 Å². The Bertz CT molecular complexity index is 1240.